The molecule has 0 unspecified atom stereocenters. The Hall–Kier alpha value is -2.11. The Morgan fingerprint density at radius 3 is 2.76 bits per heavy atom. The predicted octanol–water partition coefficient (Wildman–Crippen LogP) is 1.48. The third-order valence-electron chi connectivity index (χ3n) is 2.61. The van der Waals surface area contributed by atoms with Gasteiger partial charge in [-0.15, -0.1) is 0 Å². The molecule has 0 saturated heterocycles. The van der Waals surface area contributed by atoms with Crippen molar-refractivity contribution in [1.29, 1.82) is 0 Å². The molecular formula is C11H15N3O3. The van der Waals surface area contributed by atoms with Crippen LogP contribution in [0.1, 0.15) is 6.92 Å². The molecule has 0 fully saturated rings. The number of carbonyl (C=O) groups excluding carboxylic acids is 1. The van der Waals surface area contributed by atoms with Crippen LogP contribution in [0.2, 0.25) is 0 Å². The maximum Gasteiger partial charge on any atom is 0.321 e. The van der Waals surface area contributed by atoms with E-state index in [0.29, 0.717) is 29.4 Å². The molecule has 6 nitrogen and oxygen atoms in total. The first-order chi connectivity index (χ1) is 8.11. The van der Waals surface area contributed by atoms with Crippen molar-refractivity contribution >= 4 is 17.4 Å². The number of urea groups is 1. The highest BCUT2D eigenvalue weighted by atomic mass is 16.7. The fourth-order valence-electron chi connectivity index (χ4n) is 1.42. The highest BCUT2D eigenvalue weighted by molar-refractivity contribution is 5.93. The van der Waals surface area contributed by atoms with Crippen LogP contribution in [0, 0.1) is 0 Å². The zero-order valence-electron chi connectivity index (χ0n) is 9.82. The van der Waals surface area contributed by atoms with Gasteiger partial charge in [-0.05, 0) is 6.92 Å². The van der Waals surface area contributed by atoms with E-state index in [1.54, 1.807) is 24.1 Å². The number of benzene rings is 1. The van der Waals surface area contributed by atoms with Crippen LogP contribution in [-0.4, -0.2) is 31.3 Å². The molecule has 0 saturated carbocycles. The quantitative estimate of drug-likeness (QED) is 0.764. The lowest BCUT2D eigenvalue weighted by atomic mass is 10.2. The largest absolute Gasteiger partial charge is 0.454 e. The standard InChI is InChI=1S/C11H15N3O3/c1-3-14(2)11(15)13-8-5-10-9(4-7(8)12)16-6-17-10/h4-5H,3,6,12H2,1-2H3,(H,13,15). The molecule has 6 heteroatoms. The van der Waals surface area contributed by atoms with Crippen molar-refractivity contribution in [3.8, 4) is 11.5 Å². The Morgan fingerprint density at radius 1 is 1.47 bits per heavy atom. The Kier molecular flexibility index (Phi) is 2.95. The Bertz CT molecular complexity index is 448. The Morgan fingerprint density at radius 2 is 2.12 bits per heavy atom. The van der Waals surface area contributed by atoms with Gasteiger partial charge in [0.2, 0.25) is 6.79 Å². The molecule has 1 heterocycles. The van der Waals surface area contributed by atoms with E-state index >= 15 is 0 Å². The molecular weight excluding hydrogens is 222 g/mol. The molecule has 2 amide bonds. The highest BCUT2D eigenvalue weighted by Crippen LogP contribution is 2.38. The van der Waals surface area contributed by atoms with Crippen molar-refractivity contribution in [2.45, 2.75) is 6.92 Å². The number of fused-ring (bicyclic) bond motifs is 1. The molecule has 0 radical (unpaired) electrons. The molecule has 3 N–H and O–H groups in total. The van der Waals surface area contributed by atoms with Crippen LogP contribution >= 0.6 is 0 Å². The van der Waals surface area contributed by atoms with Crippen molar-refractivity contribution < 1.29 is 14.3 Å². The SMILES string of the molecule is CCN(C)C(=O)Nc1cc2c(cc1N)OCO2. The third kappa shape index (κ3) is 2.20. The first kappa shape index (κ1) is 11.4. The maximum atomic E-state index is 11.7. The minimum atomic E-state index is -0.210. The average molecular weight is 237 g/mol. The normalized spacial score (nSPS) is 12.4. The van der Waals surface area contributed by atoms with Crippen LogP contribution < -0.4 is 20.5 Å². The van der Waals surface area contributed by atoms with E-state index in [0.717, 1.165) is 0 Å². The molecule has 0 atom stereocenters. The highest BCUT2D eigenvalue weighted by Gasteiger charge is 2.17. The van der Waals surface area contributed by atoms with Gasteiger partial charge in [0.1, 0.15) is 0 Å². The number of hydrogen-bond acceptors (Lipinski definition) is 4. The van der Waals surface area contributed by atoms with Crippen LogP contribution in [-0.2, 0) is 0 Å². The van der Waals surface area contributed by atoms with E-state index in [1.165, 1.54) is 0 Å². The lowest BCUT2D eigenvalue weighted by Gasteiger charge is -2.16. The van der Waals surface area contributed by atoms with Crippen molar-refractivity contribution in [3.63, 3.8) is 0 Å². The monoisotopic (exact) mass is 237 g/mol. The number of carbonyl (C=O) groups is 1. The van der Waals surface area contributed by atoms with Gasteiger partial charge in [0.15, 0.2) is 11.5 Å². The maximum absolute atomic E-state index is 11.7. The number of hydrogen-bond donors (Lipinski definition) is 2. The van der Waals surface area contributed by atoms with E-state index in [4.69, 9.17) is 15.2 Å². The summed E-state index contributed by atoms with van der Waals surface area (Å²) in [7, 11) is 1.71. The fraction of sp³-hybridized carbons (Fsp3) is 0.364. The number of nitrogens with two attached hydrogens (primary N) is 1. The van der Waals surface area contributed by atoms with Gasteiger partial charge in [0, 0.05) is 25.7 Å². The van der Waals surface area contributed by atoms with Gasteiger partial charge >= 0.3 is 6.03 Å². The second kappa shape index (κ2) is 4.40. The summed E-state index contributed by atoms with van der Waals surface area (Å²) in [5, 5.41) is 2.72. The average Bonchev–Trinajstić information content (AvgIpc) is 2.75. The predicted molar refractivity (Wildman–Crippen MR) is 64.3 cm³/mol. The van der Waals surface area contributed by atoms with E-state index in [2.05, 4.69) is 5.32 Å². The fourth-order valence-corrected chi connectivity index (χ4v) is 1.42. The first-order valence-corrected chi connectivity index (χ1v) is 5.33. The van der Waals surface area contributed by atoms with Gasteiger partial charge in [-0.1, -0.05) is 0 Å². The topological polar surface area (TPSA) is 76.8 Å². The number of nitrogen functional groups attached to an aromatic ring is 1. The summed E-state index contributed by atoms with van der Waals surface area (Å²) in [6.07, 6.45) is 0. The number of anilines is 2. The van der Waals surface area contributed by atoms with Gasteiger partial charge in [-0.25, -0.2) is 4.79 Å². The van der Waals surface area contributed by atoms with Crippen LogP contribution in [0.5, 0.6) is 11.5 Å². The van der Waals surface area contributed by atoms with E-state index in [9.17, 15) is 4.79 Å². The van der Waals surface area contributed by atoms with Crippen molar-refractivity contribution in [2.24, 2.45) is 0 Å². The summed E-state index contributed by atoms with van der Waals surface area (Å²) in [6, 6.07) is 3.10. The summed E-state index contributed by atoms with van der Waals surface area (Å²) in [6.45, 7) is 2.69. The molecule has 92 valence electrons. The number of nitrogens with zero attached hydrogens (tertiary/aromatic N) is 1. The molecule has 0 aromatic heterocycles. The van der Waals surface area contributed by atoms with Crippen LogP contribution in [0.15, 0.2) is 12.1 Å². The second-order valence-electron chi connectivity index (χ2n) is 3.74. The molecule has 1 aromatic rings. The minimum absolute atomic E-state index is 0.182. The Balaban J connectivity index is 2.19. The van der Waals surface area contributed by atoms with Crippen LogP contribution in [0.3, 0.4) is 0 Å². The Labute approximate surface area is 99.3 Å². The zero-order valence-corrected chi connectivity index (χ0v) is 9.82. The van der Waals surface area contributed by atoms with Gasteiger partial charge in [-0.3, -0.25) is 0 Å². The lowest BCUT2D eigenvalue weighted by molar-refractivity contribution is 0.174. The first-order valence-electron chi connectivity index (χ1n) is 5.33. The number of ether oxygens (including phenoxy) is 2. The van der Waals surface area contributed by atoms with Crippen molar-refractivity contribution in [2.75, 3.05) is 31.4 Å². The zero-order chi connectivity index (χ0) is 12.4. The smallest absolute Gasteiger partial charge is 0.321 e. The van der Waals surface area contributed by atoms with Crippen molar-refractivity contribution in [1.82, 2.24) is 4.90 Å². The number of nitrogens with one attached hydrogen (secondary N) is 1. The van der Waals surface area contributed by atoms with Gasteiger partial charge in [0.25, 0.3) is 0 Å². The molecule has 17 heavy (non-hydrogen) atoms. The minimum Gasteiger partial charge on any atom is -0.454 e. The van der Waals surface area contributed by atoms with Crippen molar-refractivity contribution in [3.05, 3.63) is 12.1 Å². The molecule has 1 aliphatic rings. The number of amides is 2. The van der Waals surface area contributed by atoms with Crippen LogP contribution in [0.25, 0.3) is 0 Å². The van der Waals surface area contributed by atoms with Gasteiger partial charge in [-0.2, -0.15) is 0 Å². The molecule has 0 spiro atoms. The summed E-state index contributed by atoms with van der Waals surface area (Å²) in [5.74, 6) is 1.19. The summed E-state index contributed by atoms with van der Waals surface area (Å²) in [4.78, 5) is 13.2. The van der Waals surface area contributed by atoms with E-state index in [-0.39, 0.29) is 12.8 Å². The lowest BCUT2D eigenvalue weighted by Crippen LogP contribution is -2.31. The molecule has 1 aromatic carbocycles. The molecule has 2 rings (SSSR count). The van der Waals surface area contributed by atoms with E-state index < -0.39 is 0 Å². The summed E-state index contributed by atoms with van der Waals surface area (Å²) in [5.41, 5.74) is 6.79. The van der Waals surface area contributed by atoms with Crippen LogP contribution in [0.4, 0.5) is 16.2 Å². The number of rotatable bonds is 2. The summed E-state index contributed by atoms with van der Waals surface area (Å²) < 4.78 is 10.4. The molecule has 0 aliphatic carbocycles. The summed E-state index contributed by atoms with van der Waals surface area (Å²) >= 11 is 0. The van der Waals surface area contributed by atoms with Gasteiger partial charge < -0.3 is 25.4 Å². The second-order valence-corrected chi connectivity index (χ2v) is 3.74. The molecule has 1 aliphatic heterocycles. The van der Waals surface area contributed by atoms with Gasteiger partial charge in [0.05, 0.1) is 11.4 Å². The third-order valence-corrected chi connectivity index (χ3v) is 2.61. The molecule has 0 bridgehead atoms. The van der Waals surface area contributed by atoms with E-state index in [1.807, 2.05) is 6.92 Å².